The molecule has 0 aromatic heterocycles. The van der Waals surface area contributed by atoms with Crippen LogP contribution in [0.2, 0.25) is 0 Å². The second kappa shape index (κ2) is 5.84. The van der Waals surface area contributed by atoms with Gasteiger partial charge in [-0.1, -0.05) is 0 Å². The Balaban J connectivity index is 1.04. The zero-order chi connectivity index (χ0) is 17.4. The summed E-state index contributed by atoms with van der Waals surface area (Å²) in [5, 5.41) is 8.34. The van der Waals surface area contributed by atoms with Crippen molar-refractivity contribution in [1.29, 1.82) is 0 Å². The summed E-state index contributed by atoms with van der Waals surface area (Å²) in [6, 6.07) is 0. The molecule has 8 saturated carbocycles. The van der Waals surface area contributed by atoms with Crippen LogP contribution < -0.4 is 10.6 Å². The Kier molecular flexibility index (Phi) is 3.74. The smallest absolute Gasteiger partial charge is 0.166 e. The van der Waals surface area contributed by atoms with Gasteiger partial charge in [0.25, 0.3) is 0 Å². The van der Waals surface area contributed by atoms with Crippen LogP contribution in [-0.2, 0) is 0 Å². The minimum atomic E-state index is 0.585. The van der Waals surface area contributed by atoms with E-state index >= 15 is 0 Å². The number of hydrogen-bond donors (Lipinski definition) is 2. The molecule has 0 amide bonds. The van der Waals surface area contributed by atoms with Gasteiger partial charge in [-0.15, -0.1) is 0 Å². The summed E-state index contributed by atoms with van der Waals surface area (Å²) in [6.07, 6.45) is 18.1. The first kappa shape index (κ1) is 16.6. The maximum atomic E-state index is 5.74. The van der Waals surface area contributed by atoms with Crippen LogP contribution >= 0.6 is 12.2 Å². The van der Waals surface area contributed by atoms with E-state index in [4.69, 9.17) is 12.2 Å². The van der Waals surface area contributed by atoms with Gasteiger partial charge in [0.15, 0.2) is 5.11 Å². The van der Waals surface area contributed by atoms with E-state index in [1.807, 2.05) is 0 Å². The van der Waals surface area contributed by atoms with Crippen molar-refractivity contribution in [2.24, 2.45) is 46.3 Å². The van der Waals surface area contributed by atoms with Gasteiger partial charge in [-0.3, -0.25) is 0 Å². The number of nitrogens with one attached hydrogen (secondary N) is 2. The molecule has 8 bridgehead atoms. The van der Waals surface area contributed by atoms with E-state index in [0.29, 0.717) is 10.8 Å². The van der Waals surface area contributed by atoms with Gasteiger partial charge in [0.2, 0.25) is 0 Å². The Morgan fingerprint density at radius 3 is 1.12 bits per heavy atom. The van der Waals surface area contributed by atoms with Crippen LogP contribution in [0.3, 0.4) is 0 Å². The standard InChI is InChI=1S/C23H36N2S/c26-21(24-13-22-7-15-1-16(8-22)3-17(2-15)9-22)25-14-23-10-18-4-19(11-23)6-20(5-18)12-23/h15-20H,1-14H2,(H2,24,25,26). The Labute approximate surface area is 164 Å². The van der Waals surface area contributed by atoms with Crippen LogP contribution in [0.1, 0.15) is 77.0 Å². The van der Waals surface area contributed by atoms with Gasteiger partial charge in [0, 0.05) is 13.1 Å². The summed E-state index contributed by atoms with van der Waals surface area (Å²) in [7, 11) is 0. The maximum absolute atomic E-state index is 5.74. The average Bonchev–Trinajstić information content (AvgIpc) is 2.56. The molecule has 8 fully saturated rings. The fourth-order valence-corrected chi connectivity index (χ4v) is 9.76. The predicted octanol–water partition coefficient (Wildman–Crippen LogP) is 4.88. The van der Waals surface area contributed by atoms with Gasteiger partial charge in [-0.25, -0.2) is 0 Å². The van der Waals surface area contributed by atoms with E-state index in [9.17, 15) is 0 Å². The highest BCUT2D eigenvalue weighted by atomic mass is 32.1. The Bertz CT molecular complexity index is 476. The van der Waals surface area contributed by atoms with Crippen molar-refractivity contribution >= 4 is 17.3 Å². The van der Waals surface area contributed by atoms with Crippen molar-refractivity contribution in [2.45, 2.75) is 77.0 Å². The molecule has 0 saturated heterocycles. The molecule has 8 rings (SSSR count). The van der Waals surface area contributed by atoms with E-state index < -0.39 is 0 Å². The van der Waals surface area contributed by atoms with Crippen LogP contribution in [0.25, 0.3) is 0 Å². The highest BCUT2D eigenvalue weighted by molar-refractivity contribution is 7.80. The van der Waals surface area contributed by atoms with Crippen LogP contribution in [0, 0.1) is 46.3 Å². The molecule has 8 aliphatic rings. The van der Waals surface area contributed by atoms with Gasteiger partial charge in [0.05, 0.1) is 0 Å². The molecule has 3 heteroatoms. The number of hydrogen-bond acceptors (Lipinski definition) is 1. The van der Waals surface area contributed by atoms with Crippen molar-refractivity contribution < 1.29 is 0 Å². The van der Waals surface area contributed by atoms with Crippen LogP contribution in [0.5, 0.6) is 0 Å². The summed E-state index contributed by atoms with van der Waals surface area (Å²) >= 11 is 5.74. The molecule has 8 aliphatic carbocycles. The Hall–Kier alpha value is -0.310. The van der Waals surface area contributed by atoms with Crippen LogP contribution in [0.15, 0.2) is 0 Å². The quantitative estimate of drug-likeness (QED) is 0.688. The lowest BCUT2D eigenvalue weighted by atomic mass is 9.49. The first-order valence-corrected chi connectivity index (χ1v) is 12.0. The molecule has 0 atom stereocenters. The predicted molar refractivity (Wildman–Crippen MR) is 110 cm³/mol. The highest BCUT2D eigenvalue weighted by Crippen LogP contribution is 2.60. The third kappa shape index (κ3) is 2.83. The summed E-state index contributed by atoms with van der Waals surface area (Å²) in [6.45, 7) is 2.28. The van der Waals surface area contributed by atoms with Crippen LogP contribution in [-0.4, -0.2) is 18.2 Å². The van der Waals surface area contributed by atoms with E-state index in [1.165, 1.54) is 77.0 Å². The third-order valence-electron chi connectivity index (χ3n) is 9.58. The molecule has 0 heterocycles. The zero-order valence-electron chi connectivity index (χ0n) is 16.3. The first-order chi connectivity index (χ1) is 12.6. The monoisotopic (exact) mass is 372 g/mol. The second-order valence-corrected chi connectivity index (χ2v) is 12.3. The molecule has 0 aromatic rings. The molecule has 26 heavy (non-hydrogen) atoms. The number of thiocarbonyl (C=S) groups is 1. The molecule has 2 N–H and O–H groups in total. The van der Waals surface area contributed by atoms with E-state index in [2.05, 4.69) is 10.6 Å². The lowest BCUT2D eigenvalue weighted by molar-refractivity contribution is -0.0507. The minimum Gasteiger partial charge on any atom is -0.362 e. The minimum absolute atomic E-state index is 0.585. The molecule has 0 aliphatic heterocycles. The van der Waals surface area contributed by atoms with Crippen molar-refractivity contribution in [3.05, 3.63) is 0 Å². The van der Waals surface area contributed by atoms with Gasteiger partial charge in [0.1, 0.15) is 0 Å². The molecule has 2 nitrogen and oxygen atoms in total. The SMILES string of the molecule is S=C(NCC12CC3CC(CC(C3)C1)C2)NCC12CC3CC(CC(C3)C1)C2. The fourth-order valence-electron chi connectivity index (χ4n) is 9.61. The summed E-state index contributed by atoms with van der Waals surface area (Å²) in [4.78, 5) is 0. The maximum Gasteiger partial charge on any atom is 0.166 e. The molecule has 0 aromatic carbocycles. The molecular formula is C23H36N2S. The molecule has 0 spiro atoms. The lowest BCUT2D eigenvalue weighted by Crippen LogP contribution is -2.54. The van der Waals surface area contributed by atoms with Gasteiger partial charge in [-0.05, 0) is 136 Å². The van der Waals surface area contributed by atoms with Gasteiger partial charge in [-0.2, -0.15) is 0 Å². The molecule has 0 unspecified atom stereocenters. The van der Waals surface area contributed by atoms with Crippen molar-refractivity contribution in [3.8, 4) is 0 Å². The second-order valence-electron chi connectivity index (χ2n) is 11.9. The summed E-state index contributed by atoms with van der Waals surface area (Å²) in [5.41, 5.74) is 1.17. The largest absolute Gasteiger partial charge is 0.362 e. The van der Waals surface area contributed by atoms with E-state index in [-0.39, 0.29) is 0 Å². The topological polar surface area (TPSA) is 24.1 Å². The van der Waals surface area contributed by atoms with Gasteiger partial charge < -0.3 is 10.6 Å². The third-order valence-corrected chi connectivity index (χ3v) is 9.87. The van der Waals surface area contributed by atoms with E-state index in [1.54, 1.807) is 0 Å². The normalized spacial score (nSPS) is 53.1. The Morgan fingerprint density at radius 2 is 0.846 bits per heavy atom. The van der Waals surface area contributed by atoms with Crippen LogP contribution in [0.4, 0.5) is 0 Å². The Morgan fingerprint density at radius 1 is 0.577 bits per heavy atom. The zero-order valence-corrected chi connectivity index (χ0v) is 17.1. The van der Waals surface area contributed by atoms with Gasteiger partial charge >= 0.3 is 0 Å². The van der Waals surface area contributed by atoms with Crippen molar-refractivity contribution in [2.75, 3.05) is 13.1 Å². The first-order valence-electron chi connectivity index (χ1n) is 11.6. The lowest BCUT2D eigenvalue weighted by Gasteiger charge is -2.57. The summed E-state index contributed by atoms with van der Waals surface area (Å²) < 4.78 is 0. The fraction of sp³-hybridized carbons (Fsp3) is 0.957. The van der Waals surface area contributed by atoms with Crippen molar-refractivity contribution in [1.82, 2.24) is 10.6 Å². The number of rotatable bonds is 4. The molecular weight excluding hydrogens is 336 g/mol. The van der Waals surface area contributed by atoms with Crippen molar-refractivity contribution in [3.63, 3.8) is 0 Å². The van der Waals surface area contributed by atoms with E-state index in [0.717, 1.165) is 53.7 Å². The molecule has 144 valence electrons. The molecule has 0 radical (unpaired) electrons. The summed E-state index contributed by atoms with van der Waals surface area (Å²) in [5.74, 6) is 6.23. The highest BCUT2D eigenvalue weighted by Gasteiger charge is 2.52. The average molecular weight is 373 g/mol.